The molecular formula is C15H12ClN3OS. The van der Waals surface area contributed by atoms with Gasteiger partial charge in [0.25, 0.3) is 5.89 Å². The topological polar surface area (TPSA) is 64.9 Å². The number of nitrogens with zero attached hydrogens (tertiary/aromatic N) is 2. The van der Waals surface area contributed by atoms with Crippen LogP contribution in [0.1, 0.15) is 5.82 Å². The van der Waals surface area contributed by atoms with Crippen LogP contribution in [0.3, 0.4) is 0 Å². The van der Waals surface area contributed by atoms with Crippen molar-refractivity contribution in [3.63, 3.8) is 0 Å². The van der Waals surface area contributed by atoms with E-state index in [4.69, 9.17) is 21.9 Å². The Bertz CT molecular complexity index is 746. The molecule has 0 unspecified atom stereocenters. The number of hydrogen-bond donors (Lipinski definition) is 1. The predicted octanol–water partition coefficient (Wildman–Crippen LogP) is 4.26. The van der Waals surface area contributed by atoms with Gasteiger partial charge in [-0.3, -0.25) is 0 Å². The summed E-state index contributed by atoms with van der Waals surface area (Å²) in [5.41, 5.74) is 6.96. The highest BCUT2D eigenvalue weighted by Crippen LogP contribution is 2.29. The first-order valence-corrected chi connectivity index (χ1v) is 7.64. The Balaban J connectivity index is 1.74. The van der Waals surface area contributed by atoms with Crippen molar-refractivity contribution in [2.45, 2.75) is 10.6 Å². The second-order valence-electron chi connectivity index (χ2n) is 4.36. The summed E-state index contributed by atoms with van der Waals surface area (Å²) in [4.78, 5) is 5.52. The van der Waals surface area contributed by atoms with Crippen LogP contribution in [0.15, 0.2) is 57.9 Å². The van der Waals surface area contributed by atoms with E-state index in [1.54, 1.807) is 30.0 Å². The van der Waals surface area contributed by atoms with Gasteiger partial charge in [-0.15, -0.1) is 11.8 Å². The van der Waals surface area contributed by atoms with Crippen molar-refractivity contribution in [2.24, 2.45) is 0 Å². The summed E-state index contributed by atoms with van der Waals surface area (Å²) < 4.78 is 5.26. The van der Waals surface area contributed by atoms with Crippen molar-refractivity contribution in [3.8, 4) is 11.5 Å². The molecule has 106 valence electrons. The van der Waals surface area contributed by atoms with E-state index in [-0.39, 0.29) is 0 Å². The first-order valence-electron chi connectivity index (χ1n) is 6.28. The van der Waals surface area contributed by atoms with Gasteiger partial charge in [-0.2, -0.15) is 4.98 Å². The minimum absolute atomic E-state index is 0.406. The molecule has 0 saturated heterocycles. The van der Waals surface area contributed by atoms with Gasteiger partial charge in [0.2, 0.25) is 0 Å². The molecule has 2 N–H and O–H groups in total. The molecule has 1 heterocycles. The number of aromatic nitrogens is 2. The van der Waals surface area contributed by atoms with E-state index in [1.807, 2.05) is 30.3 Å². The van der Waals surface area contributed by atoms with Crippen molar-refractivity contribution in [3.05, 3.63) is 59.4 Å². The van der Waals surface area contributed by atoms with Crippen LogP contribution >= 0.6 is 23.4 Å². The third-order valence-corrected chi connectivity index (χ3v) is 4.12. The molecule has 0 saturated carbocycles. The van der Waals surface area contributed by atoms with Crippen LogP contribution < -0.4 is 5.73 Å². The summed E-state index contributed by atoms with van der Waals surface area (Å²) in [5, 5.41) is 4.48. The maximum Gasteiger partial charge on any atom is 0.259 e. The van der Waals surface area contributed by atoms with Gasteiger partial charge in [0.1, 0.15) is 0 Å². The summed E-state index contributed by atoms with van der Waals surface area (Å²) in [6, 6.07) is 15.3. The molecule has 1 aromatic heterocycles. The molecule has 0 fully saturated rings. The van der Waals surface area contributed by atoms with Gasteiger partial charge >= 0.3 is 0 Å². The lowest BCUT2D eigenvalue weighted by atomic mass is 10.2. The van der Waals surface area contributed by atoms with Crippen LogP contribution in [0.2, 0.25) is 5.02 Å². The fourth-order valence-electron chi connectivity index (χ4n) is 1.79. The molecule has 4 nitrogen and oxygen atoms in total. The zero-order valence-corrected chi connectivity index (χ0v) is 12.6. The van der Waals surface area contributed by atoms with Crippen LogP contribution in [0.4, 0.5) is 5.69 Å². The molecule has 6 heteroatoms. The third kappa shape index (κ3) is 3.37. The first kappa shape index (κ1) is 14.0. The molecule has 0 bridgehead atoms. The van der Waals surface area contributed by atoms with E-state index in [0.717, 1.165) is 4.90 Å². The molecule has 3 aromatic rings. The number of nitrogen functional groups attached to an aromatic ring is 1. The van der Waals surface area contributed by atoms with Crippen molar-refractivity contribution in [1.82, 2.24) is 10.1 Å². The van der Waals surface area contributed by atoms with Crippen molar-refractivity contribution >= 4 is 29.1 Å². The number of anilines is 1. The van der Waals surface area contributed by atoms with Crippen molar-refractivity contribution < 1.29 is 4.52 Å². The molecule has 0 aliphatic heterocycles. The van der Waals surface area contributed by atoms with Gasteiger partial charge in [0.05, 0.1) is 16.3 Å². The van der Waals surface area contributed by atoms with Crippen LogP contribution in [0, 0.1) is 0 Å². The van der Waals surface area contributed by atoms with E-state index in [2.05, 4.69) is 10.1 Å². The Morgan fingerprint density at radius 3 is 2.71 bits per heavy atom. The van der Waals surface area contributed by atoms with Crippen molar-refractivity contribution in [1.29, 1.82) is 0 Å². The number of thioether (sulfide) groups is 1. The van der Waals surface area contributed by atoms with E-state index in [0.29, 0.717) is 33.7 Å². The number of nitrogens with two attached hydrogens (primary N) is 1. The summed E-state index contributed by atoms with van der Waals surface area (Å²) >= 11 is 7.78. The molecule has 0 amide bonds. The Morgan fingerprint density at radius 2 is 1.95 bits per heavy atom. The smallest absolute Gasteiger partial charge is 0.259 e. The Hall–Kier alpha value is -1.98. The molecule has 0 spiro atoms. The fourth-order valence-corrected chi connectivity index (χ4v) is 2.82. The molecule has 0 atom stereocenters. The average molecular weight is 318 g/mol. The fraction of sp³-hybridized carbons (Fsp3) is 0.0667. The lowest BCUT2D eigenvalue weighted by Gasteiger charge is -1.99. The standard InChI is InChI=1S/C15H12ClN3OS/c16-13-8-10(17)6-7-12(13)15-18-14(19-20-15)9-21-11-4-2-1-3-5-11/h1-8H,9,17H2. The Kier molecular flexibility index (Phi) is 4.13. The summed E-state index contributed by atoms with van der Waals surface area (Å²) in [7, 11) is 0. The van der Waals surface area contributed by atoms with E-state index in [1.165, 1.54) is 0 Å². The van der Waals surface area contributed by atoms with Crippen molar-refractivity contribution in [2.75, 3.05) is 5.73 Å². The Morgan fingerprint density at radius 1 is 1.14 bits per heavy atom. The molecule has 21 heavy (non-hydrogen) atoms. The lowest BCUT2D eigenvalue weighted by molar-refractivity contribution is 0.425. The lowest BCUT2D eigenvalue weighted by Crippen LogP contribution is -1.87. The second kappa shape index (κ2) is 6.20. The van der Waals surface area contributed by atoms with Crippen LogP contribution in [-0.2, 0) is 5.75 Å². The highest BCUT2D eigenvalue weighted by Gasteiger charge is 2.12. The van der Waals surface area contributed by atoms with Gasteiger partial charge in [-0.25, -0.2) is 0 Å². The molecule has 2 aromatic carbocycles. The van der Waals surface area contributed by atoms with Crippen LogP contribution in [-0.4, -0.2) is 10.1 Å². The van der Waals surface area contributed by atoms with Gasteiger partial charge in [-0.05, 0) is 30.3 Å². The normalized spacial score (nSPS) is 10.7. The molecule has 3 rings (SSSR count). The molecule has 0 aliphatic carbocycles. The van der Waals surface area contributed by atoms with Gasteiger partial charge in [-0.1, -0.05) is 35.0 Å². The Labute approximate surface area is 131 Å². The number of halogens is 1. The maximum atomic E-state index is 6.13. The summed E-state index contributed by atoms with van der Waals surface area (Å²) in [6.45, 7) is 0. The van der Waals surface area contributed by atoms with Gasteiger partial charge in [0, 0.05) is 10.6 Å². The largest absolute Gasteiger partial charge is 0.399 e. The zero-order valence-electron chi connectivity index (χ0n) is 11.0. The first-order chi connectivity index (χ1) is 10.2. The monoisotopic (exact) mass is 317 g/mol. The SMILES string of the molecule is Nc1ccc(-c2nc(CSc3ccccc3)no2)c(Cl)c1. The van der Waals surface area contributed by atoms with E-state index in [9.17, 15) is 0 Å². The number of rotatable bonds is 4. The zero-order chi connectivity index (χ0) is 14.7. The highest BCUT2D eigenvalue weighted by atomic mass is 35.5. The number of hydrogen-bond acceptors (Lipinski definition) is 5. The maximum absolute atomic E-state index is 6.13. The third-order valence-electron chi connectivity index (χ3n) is 2.80. The van der Waals surface area contributed by atoms with Crippen LogP contribution in [0.5, 0.6) is 0 Å². The molecule has 0 aliphatic rings. The van der Waals surface area contributed by atoms with E-state index >= 15 is 0 Å². The minimum Gasteiger partial charge on any atom is -0.399 e. The number of benzene rings is 2. The van der Waals surface area contributed by atoms with E-state index < -0.39 is 0 Å². The predicted molar refractivity (Wildman–Crippen MR) is 85.2 cm³/mol. The van der Waals surface area contributed by atoms with Crippen LogP contribution in [0.25, 0.3) is 11.5 Å². The van der Waals surface area contributed by atoms with Gasteiger partial charge in [0.15, 0.2) is 5.82 Å². The quantitative estimate of drug-likeness (QED) is 0.575. The average Bonchev–Trinajstić information content (AvgIpc) is 2.95. The van der Waals surface area contributed by atoms with Gasteiger partial charge < -0.3 is 10.3 Å². The molecular weight excluding hydrogens is 306 g/mol. The second-order valence-corrected chi connectivity index (χ2v) is 5.81. The summed E-state index contributed by atoms with van der Waals surface area (Å²) in [6.07, 6.45) is 0. The minimum atomic E-state index is 0.406. The summed E-state index contributed by atoms with van der Waals surface area (Å²) in [5.74, 6) is 1.68. The molecule has 0 radical (unpaired) electrons. The highest BCUT2D eigenvalue weighted by molar-refractivity contribution is 7.98.